The zero-order valence-corrected chi connectivity index (χ0v) is 8.43. The lowest BCUT2D eigenvalue weighted by atomic mass is 10.2. The molecular formula is C10H15NO3. The first-order valence-corrected chi connectivity index (χ1v) is 4.53. The topological polar surface area (TPSA) is 53.7 Å². The number of ketones is 1. The van der Waals surface area contributed by atoms with Gasteiger partial charge in [-0.25, -0.2) is 0 Å². The van der Waals surface area contributed by atoms with Gasteiger partial charge in [-0.1, -0.05) is 0 Å². The molecule has 0 fully saturated rings. The van der Waals surface area contributed by atoms with E-state index in [0.717, 1.165) is 0 Å². The summed E-state index contributed by atoms with van der Waals surface area (Å²) in [5, 5.41) is 8.87. The van der Waals surface area contributed by atoms with Crippen LogP contribution < -0.4 is 0 Å². The van der Waals surface area contributed by atoms with E-state index < -0.39 is 0 Å². The number of aliphatic hydroxyl groups is 1. The van der Waals surface area contributed by atoms with E-state index in [-0.39, 0.29) is 25.0 Å². The number of hydrogen-bond acceptors (Lipinski definition) is 4. The average Bonchev–Trinajstić information content (AvgIpc) is 2.69. The Morgan fingerprint density at radius 1 is 1.71 bits per heavy atom. The molecule has 1 N–H and O–H groups in total. The van der Waals surface area contributed by atoms with Crippen molar-refractivity contribution < 1.29 is 14.3 Å². The van der Waals surface area contributed by atoms with Crippen LogP contribution in [-0.2, 0) is 0 Å². The molecule has 4 nitrogen and oxygen atoms in total. The maximum atomic E-state index is 11.5. The van der Waals surface area contributed by atoms with E-state index in [1.165, 1.54) is 6.26 Å². The fourth-order valence-corrected chi connectivity index (χ4v) is 1.04. The number of Topliss-reactive ketones (excluding diaryl/α,β-unsaturated/α-hetero) is 1. The molecule has 0 amide bonds. The highest BCUT2D eigenvalue weighted by Gasteiger charge is 2.15. The number of furan rings is 1. The van der Waals surface area contributed by atoms with Gasteiger partial charge in [0.05, 0.1) is 19.4 Å². The van der Waals surface area contributed by atoms with E-state index in [1.54, 1.807) is 24.1 Å². The molecule has 0 bridgehead atoms. The second-order valence-corrected chi connectivity index (χ2v) is 3.35. The van der Waals surface area contributed by atoms with Gasteiger partial charge in [0.15, 0.2) is 5.76 Å². The summed E-state index contributed by atoms with van der Waals surface area (Å²) >= 11 is 0. The van der Waals surface area contributed by atoms with E-state index in [2.05, 4.69) is 0 Å². The predicted molar refractivity (Wildman–Crippen MR) is 52.2 cm³/mol. The minimum atomic E-state index is -0.0715. The summed E-state index contributed by atoms with van der Waals surface area (Å²) in [7, 11) is 1.79. The van der Waals surface area contributed by atoms with Crippen molar-refractivity contribution in [2.24, 2.45) is 0 Å². The van der Waals surface area contributed by atoms with E-state index in [9.17, 15) is 4.79 Å². The first-order valence-electron chi connectivity index (χ1n) is 4.53. The zero-order chi connectivity index (χ0) is 10.6. The zero-order valence-electron chi connectivity index (χ0n) is 8.43. The molecule has 0 radical (unpaired) electrons. The van der Waals surface area contributed by atoms with Gasteiger partial charge in [-0.2, -0.15) is 0 Å². The fourth-order valence-electron chi connectivity index (χ4n) is 1.04. The average molecular weight is 197 g/mol. The predicted octanol–water partition coefficient (Wildman–Crippen LogP) is 0.775. The third kappa shape index (κ3) is 2.68. The molecule has 0 saturated heterocycles. The summed E-state index contributed by atoms with van der Waals surface area (Å²) in [6.07, 6.45) is 1.47. The first kappa shape index (κ1) is 10.9. The maximum Gasteiger partial charge on any atom is 0.211 e. The molecule has 1 rings (SSSR count). The molecule has 1 heterocycles. The second kappa shape index (κ2) is 4.93. The molecule has 1 aromatic heterocycles. The number of hydrogen-bond donors (Lipinski definition) is 1. The van der Waals surface area contributed by atoms with Crippen molar-refractivity contribution in [3.63, 3.8) is 0 Å². The van der Waals surface area contributed by atoms with Gasteiger partial charge in [-0.05, 0) is 26.1 Å². The monoisotopic (exact) mass is 197 g/mol. The van der Waals surface area contributed by atoms with Gasteiger partial charge in [-0.3, -0.25) is 9.69 Å². The highest BCUT2D eigenvalue weighted by Crippen LogP contribution is 2.03. The molecule has 0 aliphatic rings. The van der Waals surface area contributed by atoms with Crippen LogP contribution in [0.2, 0.25) is 0 Å². The van der Waals surface area contributed by atoms with Crippen molar-refractivity contribution in [1.82, 2.24) is 4.90 Å². The fraction of sp³-hybridized carbons (Fsp3) is 0.500. The molecule has 14 heavy (non-hydrogen) atoms. The standard InChI is InChI=1S/C10H15NO3/c1-8(7-12)11(2)6-9(13)10-4-3-5-14-10/h3-5,8,12H,6-7H2,1-2H3. The maximum absolute atomic E-state index is 11.5. The Morgan fingerprint density at radius 2 is 2.43 bits per heavy atom. The van der Waals surface area contributed by atoms with Crippen LogP contribution in [0.3, 0.4) is 0 Å². The molecule has 1 aromatic rings. The van der Waals surface area contributed by atoms with Crippen LogP contribution in [0.1, 0.15) is 17.5 Å². The molecule has 0 saturated carbocycles. The van der Waals surface area contributed by atoms with Crippen molar-refractivity contribution in [2.75, 3.05) is 20.2 Å². The van der Waals surface area contributed by atoms with Crippen LogP contribution in [0, 0.1) is 0 Å². The molecule has 0 spiro atoms. The Balaban J connectivity index is 2.49. The van der Waals surface area contributed by atoms with Gasteiger partial charge in [0, 0.05) is 6.04 Å². The Labute approximate surface area is 83.1 Å². The van der Waals surface area contributed by atoms with Gasteiger partial charge < -0.3 is 9.52 Å². The molecule has 0 aliphatic carbocycles. The van der Waals surface area contributed by atoms with Crippen molar-refractivity contribution >= 4 is 5.78 Å². The molecule has 4 heteroatoms. The number of nitrogens with zero attached hydrogens (tertiary/aromatic N) is 1. The van der Waals surface area contributed by atoms with Crippen molar-refractivity contribution in [2.45, 2.75) is 13.0 Å². The van der Waals surface area contributed by atoms with E-state index >= 15 is 0 Å². The van der Waals surface area contributed by atoms with E-state index in [1.807, 2.05) is 6.92 Å². The summed E-state index contributed by atoms with van der Waals surface area (Å²) in [6, 6.07) is 3.30. The SMILES string of the molecule is CC(CO)N(C)CC(=O)c1ccco1. The highest BCUT2D eigenvalue weighted by molar-refractivity contribution is 5.94. The van der Waals surface area contributed by atoms with Gasteiger partial charge in [0.25, 0.3) is 0 Å². The highest BCUT2D eigenvalue weighted by atomic mass is 16.3. The third-order valence-corrected chi connectivity index (χ3v) is 2.21. The summed E-state index contributed by atoms with van der Waals surface area (Å²) in [5.74, 6) is 0.291. The summed E-state index contributed by atoms with van der Waals surface area (Å²) in [6.45, 7) is 2.16. The van der Waals surface area contributed by atoms with Crippen molar-refractivity contribution in [3.05, 3.63) is 24.2 Å². The van der Waals surface area contributed by atoms with Crippen LogP contribution in [0.25, 0.3) is 0 Å². The lowest BCUT2D eigenvalue weighted by Crippen LogP contribution is -2.36. The quantitative estimate of drug-likeness (QED) is 0.708. The van der Waals surface area contributed by atoms with Gasteiger partial charge >= 0.3 is 0 Å². The molecular weight excluding hydrogens is 182 g/mol. The third-order valence-electron chi connectivity index (χ3n) is 2.21. The normalized spacial score (nSPS) is 13.1. The summed E-state index contributed by atoms with van der Waals surface area (Å²) < 4.78 is 4.97. The van der Waals surface area contributed by atoms with Crippen LogP contribution in [0.15, 0.2) is 22.8 Å². The van der Waals surface area contributed by atoms with Crippen molar-refractivity contribution in [1.29, 1.82) is 0 Å². The first-order chi connectivity index (χ1) is 6.65. The number of aliphatic hydroxyl groups excluding tert-OH is 1. The van der Waals surface area contributed by atoms with Gasteiger partial charge in [0.1, 0.15) is 0 Å². The van der Waals surface area contributed by atoms with E-state index in [0.29, 0.717) is 5.76 Å². The van der Waals surface area contributed by atoms with E-state index in [4.69, 9.17) is 9.52 Å². The van der Waals surface area contributed by atoms with Crippen molar-refractivity contribution in [3.8, 4) is 0 Å². The lowest BCUT2D eigenvalue weighted by molar-refractivity contribution is 0.0863. The Kier molecular flexibility index (Phi) is 3.85. The van der Waals surface area contributed by atoms with Crippen LogP contribution in [0.4, 0.5) is 0 Å². The van der Waals surface area contributed by atoms with Crippen LogP contribution >= 0.6 is 0 Å². The molecule has 0 aromatic carbocycles. The number of carbonyl (C=O) groups is 1. The molecule has 1 atom stereocenters. The van der Waals surface area contributed by atoms with Gasteiger partial charge in [0.2, 0.25) is 5.78 Å². The van der Waals surface area contributed by atoms with Crippen LogP contribution in [0.5, 0.6) is 0 Å². The Bertz CT molecular complexity index is 282. The molecule has 0 aliphatic heterocycles. The number of rotatable bonds is 5. The lowest BCUT2D eigenvalue weighted by Gasteiger charge is -2.21. The van der Waals surface area contributed by atoms with Crippen LogP contribution in [-0.4, -0.2) is 42.0 Å². The summed E-state index contributed by atoms with van der Waals surface area (Å²) in [5.41, 5.74) is 0. The Hall–Kier alpha value is -1.13. The number of likely N-dealkylation sites (N-methyl/N-ethyl adjacent to an activating group) is 1. The second-order valence-electron chi connectivity index (χ2n) is 3.35. The smallest absolute Gasteiger partial charge is 0.211 e. The number of carbonyl (C=O) groups excluding carboxylic acids is 1. The Morgan fingerprint density at radius 3 is 2.93 bits per heavy atom. The molecule has 1 unspecified atom stereocenters. The minimum Gasteiger partial charge on any atom is -0.461 e. The minimum absolute atomic E-state index is 0.0195. The summed E-state index contributed by atoms with van der Waals surface area (Å²) in [4.78, 5) is 13.3. The molecule has 78 valence electrons. The van der Waals surface area contributed by atoms with Gasteiger partial charge in [-0.15, -0.1) is 0 Å². The largest absolute Gasteiger partial charge is 0.461 e.